The van der Waals surface area contributed by atoms with E-state index in [9.17, 15) is 4.79 Å². The third-order valence-electron chi connectivity index (χ3n) is 5.07. The van der Waals surface area contributed by atoms with Gasteiger partial charge in [0.1, 0.15) is 0 Å². The van der Waals surface area contributed by atoms with Crippen LogP contribution in [0.5, 0.6) is 17.2 Å². The summed E-state index contributed by atoms with van der Waals surface area (Å²) in [6.45, 7) is 9.05. The Morgan fingerprint density at radius 1 is 0.935 bits per heavy atom. The molecule has 1 saturated heterocycles. The number of anilines is 2. The zero-order chi connectivity index (χ0) is 22.2. The van der Waals surface area contributed by atoms with Gasteiger partial charge in [-0.05, 0) is 70.4 Å². The lowest BCUT2D eigenvalue weighted by Gasteiger charge is -2.29. The van der Waals surface area contributed by atoms with E-state index in [1.807, 2.05) is 32.9 Å². The molecule has 1 amide bonds. The van der Waals surface area contributed by atoms with Crippen molar-refractivity contribution in [1.29, 1.82) is 0 Å². The maximum atomic E-state index is 13.0. The number of hydrogen-bond acceptors (Lipinski definition) is 5. The fourth-order valence-electron chi connectivity index (χ4n) is 3.70. The Kier molecular flexibility index (Phi) is 8.29. The smallest absolute Gasteiger partial charge is 0.255 e. The molecule has 7 heteroatoms. The van der Waals surface area contributed by atoms with Crippen molar-refractivity contribution in [2.75, 3.05) is 43.1 Å². The molecule has 1 heterocycles. The van der Waals surface area contributed by atoms with Gasteiger partial charge >= 0.3 is 0 Å². The van der Waals surface area contributed by atoms with Gasteiger partial charge in [0.15, 0.2) is 11.5 Å². The monoisotopic (exact) mass is 446 g/mol. The molecule has 168 valence electrons. The van der Waals surface area contributed by atoms with Gasteiger partial charge in [0.2, 0.25) is 5.75 Å². The Morgan fingerprint density at radius 3 is 2.10 bits per heavy atom. The van der Waals surface area contributed by atoms with Crippen LogP contribution in [0.2, 0.25) is 5.02 Å². The van der Waals surface area contributed by atoms with Crippen LogP contribution in [0.25, 0.3) is 0 Å². The summed E-state index contributed by atoms with van der Waals surface area (Å²) in [7, 11) is 0. The number of amides is 1. The van der Waals surface area contributed by atoms with E-state index in [4.69, 9.17) is 25.8 Å². The van der Waals surface area contributed by atoms with Gasteiger partial charge in [-0.1, -0.05) is 11.6 Å². The first kappa shape index (κ1) is 23.1. The summed E-state index contributed by atoms with van der Waals surface area (Å²) in [4.78, 5) is 15.3. The fraction of sp³-hybridized carbons (Fsp3) is 0.458. The fourth-order valence-corrected chi connectivity index (χ4v) is 4.00. The highest BCUT2D eigenvalue weighted by Gasteiger charge is 2.19. The number of ether oxygens (including phenoxy) is 3. The Bertz CT molecular complexity index is 870. The Hall–Kier alpha value is -2.60. The van der Waals surface area contributed by atoms with Crippen LogP contribution in [0, 0.1) is 0 Å². The molecule has 0 unspecified atom stereocenters. The van der Waals surface area contributed by atoms with Crippen molar-refractivity contribution in [1.82, 2.24) is 0 Å². The third kappa shape index (κ3) is 5.76. The lowest BCUT2D eigenvalue weighted by Crippen LogP contribution is -2.29. The van der Waals surface area contributed by atoms with Gasteiger partial charge in [-0.2, -0.15) is 0 Å². The van der Waals surface area contributed by atoms with E-state index >= 15 is 0 Å². The Balaban J connectivity index is 1.82. The lowest BCUT2D eigenvalue weighted by atomic mass is 10.1. The number of piperidine rings is 1. The van der Waals surface area contributed by atoms with Gasteiger partial charge in [0.05, 0.1) is 30.5 Å². The third-order valence-corrected chi connectivity index (χ3v) is 5.38. The highest BCUT2D eigenvalue weighted by molar-refractivity contribution is 6.33. The van der Waals surface area contributed by atoms with Crippen LogP contribution in [-0.2, 0) is 0 Å². The molecule has 0 bridgehead atoms. The summed E-state index contributed by atoms with van der Waals surface area (Å²) < 4.78 is 17.1. The highest BCUT2D eigenvalue weighted by Crippen LogP contribution is 2.39. The average Bonchev–Trinajstić information content (AvgIpc) is 2.77. The molecular formula is C24H31ClN2O4. The van der Waals surface area contributed by atoms with Crippen molar-refractivity contribution in [2.45, 2.75) is 40.0 Å². The maximum absolute atomic E-state index is 13.0. The summed E-state index contributed by atoms with van der Waals surface area (Å²) in [5.74, 6) is 1.21. The largest absolute Gasteiger partial charge is 0.490 e. The zero-order valence-electron chi connectivity index (χ0n) is 18.5. The van der Waals surface area contributed by atoms with E-state index in [0.29, 0.717) is 53.3 Å². The van der Waals surface area contributed by atoms with E-state index in [0.717, 1.165) is 18.8 Å². The van der Waals surface area contributed by atoms with Crippen LogP contribution in [0.1, 0.15) is 50.4 Å². The number of benzene rings is 2. The second-order valence-corrected chi connectivity index (χ2v) is 7.68. The first-order valence-electron chi connectivity index (χ1n) is 11.0. The molecule has 6 nitrogen and oxygen atoms in total. The topological polar surface area (TPSA) is 60.0 Å². The molecule has 0 atom stereocenters. The van der Waals surface area contributed by atoms with Crippen LogP contribution in [-0.4, -0.2) is 38.8 Å². The van der Waals surface area contributed by atoms with Gasteiger partial charge in [0, 0.05) is 24.3 Å². The molecule has 3 rings (SSSR count). The molecule has 1 N–H and O–H groups in total. The molecule has 0 radical (unpaired) electrons. The number of carbonyl (C=O) groups excluding carboxylic acids is 1. The van der Waals surface area contributed by atoms with E-state index in [1.54, 1.807) is 18.2 Å². The molecule has 1 aliphatic rings. The first-order chi connectivity index (χ1) is 15.1. The standard InChI is InChI=1S/C24H31ClN2O4/c1-4-29-21-14-17(15-22(30-5-2)23(21)31-6-3)24(28)26-18-10-11-20(19(25)16-18)27-12-8-7-9-13-27/h10-11,14-16H,4-9,12-13H2,1-3H3,(H,26,28). The van der Waals surface area contributed by atoms with E-state index in [1.165, 1.54) is 19.3 Å². The van der Waals surface area contributed by atoms with Crippen LogP contribution in [0.3, 0.4) is 0 Å². The summed E-state index contributed by atoms with van der Waals surface area (Å²) >= 11 is 6.53. The Morgan fingerprint density at radius 2 is 1.55 bits per heavy atom. The predicted molar refractivity (Wildman–Crippen MR) is 125 cm³/mol. The van der Waals surface area contributed by atoms with Crippen molar-refractivity contribution in [2.24, 2.45) is 0 Å². The molecule has 0 aromatic heterocycles. The number of nitrogens with zero attached hydrogens (tertiary/aromatic N) is 1. The second-order valence-electron chi connectivity index (χ2n) is 7.27. The minimum absolute atomic E-state index is 0.272. The SMILES string of the molecule is CCOc1cc(C(=O)Nc2ccc(N3CCCCC3)c(Cl)c2)cc(OCC)c1OCC. The van der Waals surface area contributed by atoms with Crippen LogP contribution in [0.4, 0.5) is 11.4 Å². The number of nitrogens with one attached hydrogen (secondary N) is 1. The predicted octanol–water partition coefficient (Wildman–Crippen LogP) is 5.78. The number of hydrogen-bond donors (Lipinski definition) is 1. The van der Waals surface area contributed by atoms with Crippen molar-refractivity contribution < 1.29 is 19.0 Å². The normalized spacial score (nSPS) is 13.6. The van der Waals surface area contributed by atoms with Crippen LogP contribution < -0.4 is 24.4 Å². The number of rotatable bonds is 9. The van der Waals surface area contributed by atoms with Crippen LogP contribution >= 0.6 is 11.6 Å². The second kappa shape index (κ2) is 11.1. The van der Waals surface area contributed by atoms with E-state index in [-0.39, 0.29) is 5.91 Å². The molecule has 31 heavy (non-hydrogen) atoms. The summed E-state index contributed by atoms with van der Waals surface area (Å²) in [5, 5.41) is 3.56. The van der Waals surface area contributed by atoms with Gasteiger partial charge in [-0.15, -0.1) is 0 Å². The maximum Gasteiger partial charge on any atom is 0.255 e. The molecule has 0 aliphatic carbocycles. The minimum atomic E-state index is -0.272. The molecular weight excluding hydrogens is 416 g/mol. The minimum Gasteiger partial charge on any atom is -0.490 e. The van der Waals surface area contributed by atoms with E-state index < -0.39 is 0 Å². The first-order valence-corrected chi connectivity index (χ1v) is 11.4. The number of halogens is 1. The molecule has 1 aliphatic heterocycles. The molecule has 0 spiro atoms. The lowest BCUT2D eigenvalue weighted by molar-refractivity contribution is 0.102. The van der Waals surface area contributed by atoms with Gasteiger partial charge < -0.3 is 24.4 Å². The van der Waals surface area contributed by atoms with Gasteiger partial charge in [0.25, 0.3) is 5.91 Å². The van der Waals surface area contributed by atoms with Crippen molar-refractivity contribution in [3.05, 3.63) is 40.9 Å². The van der Waals surface area contributed by atoms with Crippen molar-refractivity contribution in [3.8, 4) is 17.2 Å². The summed E-state index contributed by atoms with van der Waals surface area (Å²) in [6.07, 6.45) is 3.62. The zero-order valence-corrected chi connectivity index (χ0v) is 19.3. The Labute approximate surface area is 189 Å². The van der Waals surface area contributed by atoms with E-state index in [2.05, 4.69) is 10.2 Å². The summed E-state index contributed by atoms with van der Waals surface area (Å²) in [5.41, 5.74) is 2.07. The quantitative estimate of drug-likeness (QED) is 0.529. The molecule has 2 aromatic rings. The van der Waals surface area contributed by atoms with Crippen molar-refractivity contribution >= 4 is 28.9 Å². The van der Waals surface area contributed by atoms with Crippen molar-refractivity contribution in [3.63, 3.8) is 0 Å². The average molecular weight is 447 g/mol. The number of carbonyl (C=O) groups is 1. The summed E-state index contributed by atoms with van der Waals surface area (Å²) in [6, 6.07) is 9.00. The van der Waals surface area contributed by atoms with Gasteiger partial charge in [-0.25, -0.2) is 0 Å². The van der Waals surface area contributed by atoms with Gasteiger partial charge in [-0.3, -0.25) is 4.79 Å². The molecule has 2 aromatic carbocycles. The molecule has 0 saturated carbocycles. The highest BCUT2D eigenvalue weighted by atomic mass is 35.5. The molecule has 1 fully saturated rings. The van der Waals surface area contributed by atoms with Crippen LogP contribution in [0.15, 0.2) is 30.3 Å².